The van der Waals surface area contributed by atoms with Crippen molar-refractivity contribution in [3.05, 3.63) is 65.7 Å². The molecule has 1 aromatic heterocycles. The van der Waals surface area contributed by atoms with Crippen molar-refractivity contribution in [2.45, 2.75) is 37.3 Å². The number of halogens is 1. The summed E-state index contributed by atoms with van der Waals surface area (Å²) in [6.45, 7) is 2.68. The van der Waals surface area contributed by atoms with Gasteiger partial charge in [0.05, 0.1) is 0 Å². The zero-order valence-electron chi connectivity index (χ0n) is 14.1. The van der Waals surface area contributed by atoms with Crippen LogP contribution in [0.2, 0.25) is 0 Å². The first-order valence-corrected chi connectivity index (χ1v) is 8.82. The number of nitrogens with one attached hydrogen (secondary N) is 1. The number of aromatic nitrogens is 1. The standard InChI is InChI=1S/C20H22FN3O/c21-17-3-1-15(2-4-17)14-24-11-7-20(8-12-24)18(13-19(25)23-20)16-5-9-22-10-6-16/h1-6,9-10,18H,7-8,11-14H2,(H,23,25)/t18-/m1/s1. The van der Waals surface area contributed by atoms with Gasteiger partial charge in [-0.1, -0.05) is 12.1 Å². The lowest BCUT2D eigenvalue weighted by molar-refractivity contribution is -0.120. The summed E-state index contributed by atoms with van der Waals surface area (Å²) >= 11 is 0. The number of amides is 1. The normalized spacial score (nSPS) is 22.9. The molecule has 0 unspecified atom stereocenters. The van der Waals surface area contributed by atoms with E-state index in [1.807, 2.05) is 24.3 Å². The van der Waals surface area contributed by atoms with E-state index in [9.17, 15) is 9.18 Å². The van der Waals surface area contributed by atoms with Gasteiger partial charge in [-0.15, -0.1) is 0 Å². The second-order valence-corrected chi connectivity index (χ2v) is 7.14. The van der Waals surface area contributed by atoms with Crippen molar-refractivity contribution < 1.29 is 9.18 Å². The van der Waals surface area contributed by atoms with E-state index in [0.29, 0.717) is 6.42 Å². The Kier molecular flexibility index (Phi) is 4.25. The Morgan fingerprint density at radius 1 is 1.12 bits per heavy atom. The molecule has 2 aliphatic heterocycles. The molecule has 2 aromatic rings. The molecule has 0 radical (unpaired) electrons. The number of nitrogens with zero attached hydrogens (tertiary/aromatic N) is 2. The average molecular weight is 339 g/mol. The molecule has 25 heavy (non-hydrogen) atoms. The van der Waals surface area contributed by atoms with Crippen LogP contribution in [-0.4, -0.2) is 34.4 Å². The summed E-state index contributed by atoms with van der Waals surface area (Å²) in [6, 6.07) is 10.8. The molecule has 2 fully saturated rings. The van der Waals surface area contributed by atoms with E-state index < -0.39 is 0 Å². The van der Waals surface area contributed by atoms with E-state index >= 15 is 0 Å². The van der Waals surface area contributed by atoms with Gasteiger partial charge < -0.3 is 5.32 Å². The number of hydrogen-bond donors (Lipinski definition) is 1. The molecule has 0 bridgehead atoms. The molecule has 0 aliphatic carbocycles. The topological polar surface area (TPSA) is 45.2 Å². The van der Waals surface area contributed by atoms with Gasteiger partial charge in [0.1, 0.15) is 5.82 Å². The minimum Gasteiger partial charge on any atom is -0.350 e. The van der Waals surface area contributed by atoms with Gasteiger partial charge in [0.25, 0.3) is 0 Å². The molecule has 1 aromatic carbocycles. The summed E-state index contributed by atoms with van der Waals surface area (Å²) in [4.78, 5) is 18.6. The number of rotatable bonds is 3. The van der Waals surface area contributed by atoms with E-state index in [2.05, 4.69) is 15.2 Å². The fraction of sp³-hybridized carbons (Fsp3) is 0.400. The first-order valence-electron chi connectivity index (χ1n) is 8.82. The molecule has 2 saturated heterocycles. The van der Waals surface area contributed by atoms with Gasteiger partial charge in [-0.2, -0.15) is 0 Å². The van der Waals surface area contributed by atoms with Crippen LogP contribution in [0.3, 0.4) is 0 Å². The second-order valence-electron chi connectivity index (χ2n) is 7.14. The van der Waals surface area contributed by atoms with Crippen molar-refractivity contribution in [1.29, 1.82) is 0 Å². The molecular formula is C20H22FN3O. The van der Waals surface area contributed by atoms with Crippen molar-refractivity contribution in [2.24, 2.45) is 0 Å². The van der Waals surface area contributed by atoms with Crippen LogP contribution in [0.1, 0.15) is 36.3 Å². The van der Waals surface area contributed by atoms with Crippen LogP contribution in [0.4, 0.5) is 4.39 Å². The molecule has 1 N–H and O–H groups in total. The Balaban J connectivity index is 1.45. The molecule has 3 heterocycles. The number of carbonyl (C=O) groups excluding carboxylic acids is 1. The third-order valence-corrected chi connectivity index (χ3v) is 5.62. The van der Waals surface area contributed by atoms with E-state index in [0.717, 1.165) is 38.0 Å². The lowest BCUT2D eigenvalue weighted by Gasteiger charge is -2.43. The SMILES string of the molecule is O=C1C[C@H](c2ccncc2)C2(CCN(Cc3ccc(F)cc3)CC2)N1. The van der Waals surface area contributed by atoms with Crippen LogP contribution < -0.4 is 5.32 Å². The maximum Gasteiger partial charge on any atom is 0.221 e. The molecule has 130 valence electrons. The van der Waals surface area contributed by atoms with Crippen molar-refractivity contribution in [3.63, 3.8) is 0 Å². The molecule has 2 aliphatic rings. The number of carbonyl (C=O) groups is 1. The monoisotopic (exact) mass is 339 g/mol. The number of pyridine rings is 1. The van der Waals surface area contributed by atoms with Crippen LogP contribution in [0.25, 0.3) is 0 Å². The van der Waals surface area contributed by atoms with Gasteiger partial charge in [0.2, 0.25) is 5.91 Å². The number of piperidine rings is 1. The predicted molar refractivity (Wildman–Crippen MR) is 93.4 cm³/mol. The van der Waals surface area contributed by atoms with E-state index in [1.165, 1.54) is 17.7 Å². The summed E-state index contributed by atoms with van der Waals surface area (Å²) in [5.41, 5.74) is 2.18. The highest BCUT2D eigenvalue weighted by molar-refractivity contribution is 5.81. The molecule has 0 saturated carbocycles. The highest BCUT2D eigenvalue weighted by Gasteiger charge is 2.48. The third kappa shape index (κ3) is 3.29. The Labute approximate surface area is 147 Å². The van der Waals surface area contributed by atoms with Crippen LogP contribution in [0, 0.1) is 5.82 Å². The second kappa shape index (κ2) is 6.56. The zero-order chi connectivity index (χ0) is 17.3. The molecule has 1 spiro atoms. The first-order chi connectivity index (χ1) is 12.1. The lowest BCUT2D eigenvalue weighted by Crippen LogP contribution is -2.53. The van der Waals surface area contributed by atoms with Crippen LogP contribution in [-0.2, 0) is 11.3 Å². The number of hydrogen-bond acceptors (Lipinski definition) is 3. The molecular weight excluding hydrogens is 317 g/mol. The van der Waals surface area contributed by atoms with Gasteiger partial charge in [0, 0.05) is 49.9 Å². The quantitative estimate of drug-likeness (QED) is 0.935. The molecule has 1 amide bonds. The summed E-state index contributed by atoms with van der Waals surface area (Å²) in [6.07, 6.45) is 6.03. The summed E-state index contributed by atoms with van der Waals surface area (Å²) < 4.78 is 13.0. The largest absolute Gasteiger partial charge is 0.350 e. The Bertz CT molecular complexity index is 739. The summed E-state index contributed by atoms with van der Waals surface area (Å²) in [7, 11) is 0. The summed E-state index contributed by atoms with van der Waals surface area (Å²) in [5.74, 6) is 0.167. The van der Waals surface area contributed by atoms with E-state index in [4.69, 9.17) is 0 Å². The molecule has 4 nitrogen and oxygen atoms in total. The number of benzene rings is 1. The van der Waals surface area contributed by atoms with E-state index in [-0.39, 0.29) is 23.2 Å². The van der Waals surface area contributed by atoms with Gasteiger partial charge >= 0.3 is 0 Å². The van der Waals surface area contributed by atoms with Gasteiger partial charge in [-0.05, 0) is 48.2 Å². The fourth-order valence-corrected chi connectivity index (χ4v) is 4.26. The Hall–Kier alpha value is -2.27. The Morgan fingerprint density at radius 3 is 2.48 bits per heavy atom. The minimum absolute atomic E-state index is 0.141. The van der Waals surface area contributed by atoms with Gasteiger partial charge in [-0.3, -0.25) is 14.7 Å². The zero-order valence-corrected chi connectivity index (χ0v) is 14.1. The maximum atomic E-state index is 13.0. The van der Waals surface area contributed by atoms with Crippen LogP contribution in [0.5, 0.6) is 0 Å². The van der Waals surface area contributed by atoms with Crippen LogP contribution in [0.15, 0.2) is 48.8 Å². The summed E-state index contributed by atoms with van der Waals surface area (Å²) in [5, 5.41) is 3.27. The van der Waals surface area contributed by atoms with E-state index in [1.54, 1.807) is 12.4 Å². The predicted octanol–water partition coefficient (Wildman–Crippen LogP) is 2.86. The maximum absolute atomic E-state index is 13.0. The highest BCUT2D eigenvalue weighted by atomic mass is 19.1. The van der Waals surface area contributed by atoms with Gasteiger partial charge in [0.15, 0.2) is 0 Å². The highest BCUT2D eigenvalue weighted by Crippen LogP contribution is 2.43. The minimum atomic E-state index is -0.199. The molecule has 1 atom stereocenters. The van der Waals surface area contributed by atoms with Crippen molar-refractivity contribution in [1.82, 2.24) is 15.2 Å². The van der Waals surface area contributed by atoms with Gasteiger partial charge in [-0.25, -0.2) is 4.39 Å². The lowest BCUT2D eigenvalue weighted by atomic mass is 9.74. The smallest absolute Gasteiger partial charge is 0.221 e. The number of likely N-dealkylation sites (tertiary alicyclic amines) is 1. The molecule has 4 rings (SSSR count). The molecule has 5 heteroatoms. The van der Waals surface area contributed by atoms with Crippen molar-refractivity contribution in [3.8, 4) is 0 Å². The first kappa shape index (κ1) is 16.2. The van der Waals surface area contributed by atoms with Crippen LogP contribution >= 0.6 is 0 Å². The third-order valence-electron chi connectivity index (χ3n) is 5.62. The van der Waals surface area contributed by atoms with Crippen molar-refractivity contribution in [2.75, 3.05) is 13.1 Å². The Morgan fingerprint density at radius 2 is 1.80 bits per heavy atom. The van der Waals surface area contributed by atoms with Crippen molar-refractivity contribution >= 4 is 5.91 Å². The average Bonchev–Trinajstić information content (AvgIpc) is 2.96. The fourth-order valence-electron chi connectivity index (χ4n) is 4.26.